The van der Waals surface area contributed by atoms with Crippen LogP contribution in [0.3, 0.4) is 0 Å². The fourth-order valence-corrected chi connectivity index (χ4v) is 7.38. The van der Waals surface area contributed by atoms with E-state index in [1.54, 1.807) is 0 Å². The molecule has 1 saturated heterocycles. The molecule has 174 valence electrons. The summed E-state index contributed by atoms with van der Waals surface area (Å²) in [6, 6.07) is 9.97. The van der Waals surface area contributed by atoms with Crippen LogP contribution in [0, 0.1) is 5.92 Å². The molecule has 1 aliphatic rings. The van der Waals surface area contributed by atoms with Crippen LogP contribution < -0.4 is 4.46 Å². The van der Waals surface area contributed by atoms with E-state index in [2.05, 4.69) is 6.92 Å². The van der Waals surface area contributed by atoms with Crippen molar-refractivity contribution in [2.24, 2.45) is 5.92 Å². The first-order valence-corrected chi connectivity index (χ1v) is 13.8. The van der Waals surface area contributed by atoms with Gasteiger partial charge in [0.15, 0.2) is 0 Å². The van der Waals surface area contributed by atoms with Gasteiger partial charge in [0, 0.05) is 0 Å². The first-order chi connectivity index (χ1) is 15.1. The third-order valence-electron chi connectivity index (χ3n) is 6.34. The second kappa shape index (κ2) is 14.0. The van der Waals surface area contributed by atoms with E-state index in [0.29, 0.717) is 0 Å². The fourth-order valence-electron chi connectivity index (χ4n) is 4.40. The SMILES string of the molecule is CCCCCCCCCCCCC[C@H]1OC(=O)[C@@H](C)[C@@]1([Se]c1ccccc1)C(=O)OC. The van der Waals surface area contributed by atoms with Crippen molar-refractivity contribution >= 4 is 31.4 Å². The minimum atomic E-state index is -0.876. The van der Waals surface area contributed by atoms with Gasteiger partial charge in [-0.15, -0.1) is 0 Å². The number of carbonyl (C=O) groups excluding carboxylic acids is 2. The van der Waals surface area contributed by atoms with Crippen LogP contribution in [0.25, 0.3) is 0 Å². The summed E-state index contributed by atoms with van der Waals surface area (Å²) in [6.07, 6.45) is 14.3. The van der Waals surface area contributed by atoms with E-state index in [4.69, 9.17) is 9.47 Å². The second-order valence-electron chi connectivity index (χ2n) is 8.67. The summed E-state index contributed by atoms with van der Waals surface area (Å²) < 4.78 is 11.2. The standard InChI is InChI=1S/C26H40O4Se/c1-4-5-6-7-8-9-10-11-12-13-17-20-23-26(25(28)29-3,21(2)24(27)30-23)31-22-18-15-14-16-19-22/h14-16,18-19,21,23H,4-13,17,20H2,1-3H3/t21-,23-,26+/m1/s1. The summed E-state index contributed by atoms with van der Waals surface area (Å²) in [5.74, 6) is -1.04. The zero-order valence-corrected chi connectivity index (χ0v) is 21.3. The van der Waals surface area contributed by atoms with Crippen molar-refractivity contribution in [3.63, 3.8) is 0 Å². The van der Waals surface area contributed by atoms with Crippen LogP contribution in [-0.4, -0.2) is 40.1 Å². The molecular weight excluding hydrogens is 455 g/mol. The van der Waals surface area contributed by atoms with E-state index in [1.807, 2.05) is 37.3 Å². The molecule has 0 N–H and O–H groups in total. The molecule has 1 heterocycles. The Kier molecular flexibility index (Phi) is 11.7. The summed E-state index contributed by atoms with van der Waals surface area (Å²) in [7, 11) is 1.42. The molecule has 3 atom stereocenters. The number of cyclic esters (lactones) is 1. The van der Waals surface area contributed by atoms with Gasteiger partial charge in [-0.25, -0.2) is 0 Å². The van der Waals surface area contributed by atoms with E-state index in [9.17, 15) is 9.59 Å². The van der Waals surface area contributed by atoms with Crippen LogP contribution in [0.2, 0.25) is 4.31 Å². The summed E-state index contributed by atoms with van der Waals surface area (Å²) in [5, 5.41) is 0. The van der Waals surface area contributed by atoms with Gasteiger partial charge in [-0.3, -0.25) is 0 Å². The van der Waals surface area contributed by atoms with E-state index < -0.39 is 10.2 Å². The van der Waals surface area contributed by atoms with Gasteiger partial charge in [0.2, 0.25) is 0 Å². The van der Waals surface area contributed by atoms with E-state index in [0.717, 1.165) is 23.7 Å². The molecule has 0 radical (unpaired) electrons. The summed E-state index contributed by atoms with van der Waals surface area (Å²) in [4.78, 5) is 25.5. The molecule has 0 saturated carbocycles. The van der Waals surface area contributed by atoms with Crippen molar-refractivity contribution < 1.29 is 19.1 Å². The molecule has 31 heavy (non-hydrogen) atoms. The molecule has 0 bridgehead atoms. The van der Waals surface area contributed by atoms with Gasteiger partial charge in [-0.05, 0) is 0 Å². The molecule has 4 nitrogen and oxygen atoms in total. The number of hydrogen-bond acceptors (Lipinski definition) is 4. The van der Waals surface area contributed by atoms with Crippen molar-refractivity contribution in [2.45, 2.75) is 101 Å². The second-order valence-corrected chi connectivity index (χ2v) is 11.5. The molecule has 0 aliphatic carbocycles. The topological polar surface area (TPSA) is 52.6 Å². The van der Waals surface area contributed by atoms with Crippen LogP contribution in [0.1, 0.15) is 90.9 Å². The van der Waals surface area contributed by atoms with Gasteiger partial charge in [0.25, 0.3) is 0 Å². The zero-order chi connectivity index (χ0) is 22.5. The van der Waals surface area contributed by atoms with Crippen LogP contribution in [-0.2, 0) is 19.1 Å². The van der Waals surface area contributed by atoms with Crippen molar-refractivity contribution in [2.75, 3.05) is 7.11 Å². The monoisotopic (exact) mass is 496 g/mol. The number of benzene rings is 1. The van der Waals surface area contributed by atoms with Gasteiger partial charge >= 0.3 is 175 Å². The van der Waals surface area contributed by atoms with Crippen LogP contribution in [0.15, 0.2) is 30.3 Å². The molecule has 1 aliphatic heterocycles. The Bertz CT molecular complexity index is 663. The average Bonchev–Trinajstić information content (AvgIpc) is 3.02. The van der Waals surface area contributed by atoms with Crippen molar-refractivity contribution in [1.29, 1.82) is 0 Å². The van der Waals surface area contributed by atoms with Gasteiger partial charge in [-0.1, -0.05) is 19.8 Å². The number of rotatable bonds is 15. The number of carbonyl (C=O) groups is 2. The number of esters is 2. The van der Waals surface area contributed by atoms with E-state index in [1.165, 1.54) is 64.9 Å². The third kappa shape index (κ3) is 7.36. The average molecular weight is 496 g/mol. The molecule has 1 fully saturated rings. The summed E-state index contributed by atoms with van der Waals surface area (Å²) in [6.45, 7) is 4.08. The molecule has 0 unspecified atom stereocenters. The van der Waals surface area contributed by atoms with Crippen molar-refractivity contribution in [1.82, 2.24) is 0 Å². The van der Waals surface area contributed by atoms with Crippen LogP contribution >= 0.6 is 0 Å². The predicted molar refractivity (Wildman–Crippen MR) is 127 cm³/mol. The number of hydrogen-bond donors (Lipinski definition) is 0. The quantitative estimate of drug-likeness (QED) is 0.180. The Labute approximate surface area is 195 Å². The molecule has 2 rings (SSSR count). The minimum absolute atomic E-state index is 0.241. The number of ether oxygens (including phenoxy) is 2. The zero-order valence-electron chi connectivity index (χ0n) is 19.6. The molecule has 1 aromatic rings. The number of unbranched alkanes of at least 4 members (excludes halogenated alkanes) is 10. The van der Waals surface area contributed by atoms with Crippen LogP contribution in [0.4, 0.5) is 0 Å². The Morgan fingerprint density at radius 2 is 1.52 bits per heavy atom. The van der Waals surface area contributed by atoms with Crippen molar-refractivity contribution in [3.05, 3.63) is 30.3 Å². The van der Waals surface area contributed by atoms with Crippen LogP contribution in [0.5, 0.6) is 0 Å². The maximum absolute atomic E-state index is 13.0. The van der Waals surface area contributed by atoms with Gasteiger partial charge in [0.05, 0.1) is 0 Å². The van der Waals surface area contributed by atoms with Gasteiger partial charge in [-0.2, -0.15) is 0 Å². The first kappa shape index (κ1) is 25.9. The Balaban J connectivity index is 1.84. The Morgan fingerprint density at radius 3 is 2.06 bits per heavy atom. The van der Waals surface area contributed by atoms with Gasteiger partial charge in [0.1, 0.15) is 0 Å². The Morgan fingerprint density at radius 1 is 0.968 bits per heavy atom. The third-order valence-corrected chi connectivity index (χ3v) is 9.76. The molecule has 0 amide bonds. The molecule has 5 heteroatoms. The molecular formula is C26H40O4Se. The number of methoxy groups -OCH3 is 1. The normalized spacial score (nSPS) is 23.0. The van der Waals surface area contributed by atoms with Crippen molar-refractivity contribution in [3.8, 4) is 0 Å². The first-order valence-electron chi connectivity index (χ1n) is 12.1. The summed E-state index contributed by atoms with van der Waals surface area (Å²) in [5.41, 5.74) is 0. The maximum atomic E-state index is 13.0. The summed E-state index contributed by atoms with van der Waals surface area (Å²) >= 11 is -0.241. The van der Waals surface area contributed by atoms with E-state index >= 15 is 0 Å². The van der Waals surface area contributed by atoms with E-state index in [-0.39, 0.29) is 33.0 Å². The molecule has 1 aromatic carbocycles. The Hall–Kier alpha value is -1.32. The predicted octanol–water partition coefficient (Wildman–Crippen LogP) is 5.61. The van der Waals surface area contributed by atoms with Gasteiger partial charge < -0.3 is 0 Å². The molecule has 0 spiro atoms. The fraction of sp³-hybridized carbons (Fsp3) is 0.692. The molecule has 0 aromatic heterocycles.